The molecule has 0 atom stereocenters. The van der Waals surface area contributed by atoms with E-state index in [1.807, 2.05) is 30.3 Å². The minimum absolute atomic E-state index is 0.164. The number of methoxy groups -OCH3 is 1. The monoisotopic (exact) mass is 350 g/mol. The predicted octanol–water partition coefficient (Wildman–Crippen LogP) is 4.53. The standard InChI is InChI=1S/C21H22N2O3/c1-21(2,3)16-11-15(9-10-19(16)24)18-12-17(22-23-18)13-5-7-14(8-6-13)20(25)26-4/h5-12,24H,1-4H3,(H,22,23). The van der Waals surface area contributed by atoms with Crippen molar-refractivity contribution in [2.75, 3.05) is 7.11 Å². The number of benzene rings is 2. The first kappa shape index (κ1) is 17.7. The van der Waals surface area contributed by atoms with Crippen LogP contribution in [0.25, 0.3) is 22.5 Å². The molecule has 134 valence electrons. The second kappa shape index (κ2) is 6.67. The fraction of sp³-hybridized carbons (Fsp3) is 0.238. The van der Waals surface area contributed by atoms with Crippen LogP contribution in [0, 0.1) is 0 Å². The van der Waals surface area contributed by atoms with Gasteiger partial charge in [-0.3, -0.25) is 5.10 Å². The van der Waals surface area contributed by atoms with E-state index in [0.717, 1.165) is 28.1 Å². The number of phenolic OH excluding ortho intramolecular Hbond substituents is 1. The summed E-state index contributed by atoms with van der Waals surface area (Å²) in [6.07, 6.45) is 0. The number of phenols is 1. The molecule has 3 aromatic rings. The highest BCUT2D eigenvalue weighted by atomic mass is 16.5. The number of H-pyrrole nitrogens is 1. The molecular formula is C21H22N2O3. The lowest BCUT2D eigenvalue weighted by molar-refractivity contribution is 0.0600. The average molecular weight is 350 g/mol. The smallest absolute Gasteiger partial charge is 0.337 e. The normalized spacial score (nSPS) is 11.4. The zero-order chi connectivity index (χ0) is 18.9. The molecule has 0 saturated heterocycles. The van der Waals surface area contributed by atoms with Crippen LogP contribution in [0.5, 0.6) is 5.75 Å². The first-order chi connectivity index (χ1) is 12.3. The van der Waals surface area contributed by atoms with Gasteiger partial charge in [-0.1, -0.05) is 32.9 Å². The molecule has 0 spiro atoms. The van der Waals surface area contributed by atoms with Gasteiger partial charge in [0.1, 0.15) is 5.75 Å². The van der Waals surface area contributed by atoms with Gasteiger partial charge in [-0.2, -0.15) is 5.10 Å². The lowest BCUT2D eigenvalue weighted by Gasteiger charge is -2.20. The molecule has 0 unspecified atom stereocenters. The molecule has 5 heteroatoms. The lowest BCUT2D eigenvalue weighted by Crippen LogP contribution is -2.11. The summed E-state index contributed by atoms with van der Waals surface area (Å²) in [5.41, 5.74) is 4.71. The minimum Gasteiger partial charge on any atom is -0.508 e. The predicted molar refractivity (Wildman–Crippen MR) is 101 cm³/mol. The number of hydrogen-bond acceptors (Lipinski definition) is 4. The average Bonchev–Trinajstić information content (AvgIpc) is 3.10. The number of ether oxygens (including phenoxy) is 1. The number of carbonyl (C=O) groups is 1. The van der Waals surface area contributed by atoms with E-state index in [1.54, 1.807) is 18.2 Å². The summed E-state index contributed by atoms with van der Waals surface area (Å²) in [5.74, 6) is -0.0731. The number of nitrogens with one attached hydrogen (secondary N) is 1. The second-order valence-corrected chi connectivity index (χ2v) is 7.22. The fourth-order valence-corrected chi connectivity index (χ4v) is 2.82. The third-order valence-electron chi connectivity index (χ3n) is 4.30. The van der Waals surface area contributed by atoms with Crippen molar-refractivity contribution in [3.05, 3.63) is 59.7 Å². The molecule has 26 heavy (non-hydrogen) atoms. The molecule has 0 aliphatic carbocycles. The van der Waals surface area contributed by atoms with E-state index in [-0.39, 0.29) is 17.1 Å². The highest BCUT2D eigenvalue weighted by molar-refractivity contribution is 5.89. The number of aromatic hydroxyl groups is 1. The molecule has 0 aliphatic heterocycles. The first-order valence-corrected chi connectivity index (χ1v) is 8.37. The van der Waals surface area contributed by atoms with Crippen LogP contribution in [0.3, 0.4) is 0 Å². The maximum absolute atomic E-state index is 11.5. The number of carbonyl (C=O) groups excluding carboxylic acids is 1. The summed E-state index contributed by atoms with van der Waals surface area (Å²) in [5, 5.41) is 17.5. The van der Waals surface area contributed by atoms with Crippen molar-refractivity contribution in [2.45, 2.75) is 26.2 Å². The van der Waals surface area contributed by atoms with E-state index < -0.39 is 0 Å². The van der Waals surface area contributed by atoms with Crippen molar-refractivity contribution in [3.63, 3.8) is 0 Å². The molecular weight excluding hydrogens is 328 g/mol. The number of nitrogens with zero attached hydrogens (tertiary/aromatic N) is 1. The van der Waals surface area contributed by atoms with Gasteiger partial charge < -0.3 is 9.84 Å². The second-order valence-electron chi connectivity index (χ2n) is 7.22. The van der Waals surface area contributed by atoms with Crippen molar-refractivity contribution in [1.82, 2.24) is 10.2 Å². The largest absolute Gasteiger partial charge is 0.508 e. The van der Waals surface area contributed by atoms with Crippen LogP contribution in [0.4, 0.5) is 0 Å². The summed E-state index contributed by atoms with van der Waals surface area (Å²) in [6, 6.07) is 14.6. The molecule has 0 fully saturated rings. The summed E-state index contributed by atoms with van der Waals surface area (Å²) >= 11 is 0. The molecule has 5 nitrogen and oxygen atoms in total. The maximum atomic E-state index is 11.5. The van der Waals surface area contributed by atoms with Crippen LogP contribution in [0.2, 0.25) is 0 Å². The van der Waals surface area contributed by atoms with E-state index in [1.165, 1.54) is 7.11 Å². The Morgan fingerprint density at radius 3 is 2.31 bits per heavy atom. The van der Waals surface area contributed by atoms with Crippen LogP contribution in [-0.4, -0.2) is 28.4 Å². The molecule has 0 saturated carbocycles. The molecule has 1 heterocycles. The zero-order valence-electron chi connectivity index (χ0n) is 15.3. The molecule has 2 N–H and O–H groups in total. The summed E-state index contributed by atoms with van der Waals surface area (Å²) < 4.78 is 4.71. The van der Waals surface area contributed by atoms with Crippen molar-refractivity contribution >= 4 is 5.97 Å². The van der Waals surface area contributed by atoms with Gasteiger partial charge in [0.2, 0.25) is 0 Å². The van der Waals surface area contributed by atoms with Crippen molar-refractivity contribution in [1.29, 1.82) is 0 Å². The van der Waals surface area contributed by atoms with Crippen molar-refractivity contribution < 1.29 is 14.6 Å². The van der Waals surface area contributed by atoms with Gasteiger partial charge in [0.15, 0.2) is 0 Å². The number of hydrogen-bond donors (Lipinski definition) is 2. The highest BCUT2D eigenvalue weighted by Gasteiger charge is 2.19. The first-order valence-electron chi connectivity index (χ1n) is 8.37. The van der Waals surface area contributed by atoms with Crippen LogP contribution < -0.4 is 0 Å². The topological polar surface area (TPSA) is 75.2 Å². The Morgan fingerprint density at radius 1 is 1.04 bits per heavy atom. The van der Waals surface area contributed by atoms with Crippen LogP contribution in [0.15, 0.2) is 48.5 Å². The Hall–Kier alpha value is -3.08. The SMILES string of the molecule is COC(=O)c1ccc(-c2cc(-c3ccc(O)c(C(C)(C)C)c3)n[nH]2)cc1. The lowest BCUT2D eigenvalue weighted by atomic mass is 9.85. The summed E-state index contributed by atoms with van der Waals surface area (Å²) in [4.78, 5) is 11.5. The molecule has 0 radical (unpaired) electrons. The van der Waals surface area contributed by atoms with Gasteiger partial charge in [0.25, 0.3) is 0 Å². The Balaban J connectivity index is 1.92. The van der Waals surface area contributed by atoms with Gasteiger partial charge >= 0.3 is 5.97 Å². The molecule has 1 aromatic heterocycles. The Bertz CT molecular complexity index is 935. The van der Waals surface area contributed by atoms with Gasteiger partial charge in [-0.25, -0.2) is 4.79 Å². The third kappa shape index (κ3) is 3.47. The number of aromatic amines is 1. The van der Waals surface area contributed by atoms with Gasteiger partial charge in [0, 0.05) is 5.56 Å². The van der Waals surface area contributed by atoms with Gasteiger partial charge in [-0.05, 0) is 52.9 Å². The van der Waals surface area contributed by atoms with E-state index in [2.05, 4.69) is 31.0 Å². The van der Waals surface area contributed by atoms with E-state index >= 15 is 0 Å². The molecule has 0 aliphatic rings. The maximum Gasteiger partial charge on any atom is 0.337 e. The number of rotatable bonds is 3. The minimum atomic E-state index is -0.361. The van der Waals surface area contributed by atoms with Gasteiger partial charge in [-0.15, -0.1) is 0 Å². The number of aromatic nitrogens is 2. The molecule has 3 rings (SSSR count). The molecule has 0 amide bonds. The fourth-order valence-electron chi connectivity index (χ4n) is 2.82. The highest BCUT2D eigenvalue weighted by Crippen LogP contribution is 2.34. The molecule has 0 bridgehead atoms. The number of esters is 1. The van der Waals surface area contributed by atoms with Crippen LogP contribution in [0.1, 0.15) is 36.7 Å². The van der Waals surface area contributed by atoms with E-state index in [0.29, 0.717) is 5.56 Å². The summed E-state index contributed by atoms with van der Waals surface area (Å²) in [6.45, 7) is 6.18. The van der Waals surface area contributed by atoms with E-state index in [9.17, 15) is 9.90 Å². The Morgan fingerprint density at radius 2 is 1.69 bits per heavy atom. The zero-order valence-corrected chi connectivity index (χ0v) is 15.3. The Labute approximate surface area is 152 Å². The third-order valence-corrected chi connectivity index (χ3v) is 4.30. The van der Waals surface area contributed by atoms with E-state index in [4.69, 9.17) is 4.74 Å². The van der Waals surface area contributed by atoms with Gasteiger partial charge in [0.05, 0.1) is 24.1 Å². The van der Waals surface area contributed by atoms with Crippen molar-refractivity contribution in [3.8, 4) is 28.3 Å². The van der Waals surface area contributed by atoms with Crippen molar-refractivity contribution in [2.24, 2.45) is 0 Å². The van der Waals surface area contributed by atoms with Crippen LogP contribution in [-0.2, 0) is 10.2 Å². The quantitative estimate of drug-likeness (QED) is 0.680. The Kier molecular flexibility index (Phi) is 4.55. The molecule has 2 aromatic carbocycles. The van der Waals surface area contributed by atoms with Crippen LogP contribution >= 0.6 is 0 Å². The summed E-state index contributed by atoms with van der Waals surface area (Å²) in [7, 11) is 1.36.